The summed E-state index contributed by atoms with van der Waals surface area (Å²) in [6.07, 6.45) is 9.05. The molecule has 2 rings (SSSR count). The van der Waals surface area contributed by atoms with Gasteiger partial charge in [0, 0.05) is 17.8 Å². The summed E-state index contributed by atoms with van der Waals surface area (Å²) in [7, 11) is 0. The first kappa shape index (κ1) is 15.4. The van der Waals surface area contributed by atoms with Gasteiger partial charge in [-0.1, -0.05) is 44.4 Å². The smallest absolute Gasteiger partial charge is 0.0374 e. The highest BCUT2D eigenvalue weighted by Crippen LogP contribution is 2.20. The van der Waals surface area contributed by atoms with Gasteiger partial charge in [0.2, 0.25) is 0 Å². The standard InChI is InChI=1S/C18H30N2/c1-3-9-16-10-6-7-12-18(16)20-15(2)14-17-11-5-4-8-13-19-17/h6-7,10,12,15,17,19-20H,3-5,8-9,11,13-14H2,1-2H3. The molecule has 1 aromatic rings. The Bertz CT molecular complexity index is 381. The summed E-state index contributed by atoms with van der Waals surface area (Å²) in [5, 5.41) is 7.42. The minimum Gasteiger partial charge on any atom is -0.382 e. The second-order valence-corrected chi connectivity index (χ2v) is 6.19. The summed E-state index contributed by atoms with van der Waals surface area (Å²) < 4.78 is 0. The van der Waals surface area contributed by atoms with Gasteiger partial charge in [0.05, 0.1) is 0 Å². The molecule has 0 bridgehead atoms. The number of para-hydroxylation sites is 1. The highest BCUT2D eigenvalue weighted by molar-refractivity contribution is 5.51. The Kier molecular flexibility index (Phi) is 6.38. The summed E-state index contributed by atoms with van der Waals surface area (Å²) in [6, 6.07) is 9.98. The third-order valence-corrected chi connectivity index (χ3v) is 4.24. The van der Waals surface area contributed by atoms with Crippen LogP contribution in [0.25, 0.3) is 0 Å². The second kappa shape index (κ2) is 8.31. The van der Waals surface area contributed by atoms with E-state index < -0.39 is 0 Å². The van der Waals surface area contributed by atoms with E-state index in [1.165, 1.54) is 56.3 Å². The fourth-order valence-electron chi connectivity index (χ4n) is 3.20. The van der Waals surface area contributed by atoms with E-state index in [4.69, 9.17) is 0 Å². The Hall–Kier alpha value is -1.02. The number of aryl methyl sites for hydroxylation is 1. The molecule has 0 aromatic heterocycles. The van der Waals surface area contributed by atoms with Gasteiger partial charge in [0.15, 0.2) is 0 Å². The molecule has 0 aliphatic carbocycles. The molecule has 112 valence electrons. The Balaban J connectivity index is 1.88. The minimum atomic E-state index is 0.531. The van der Waals surface area contributed by atoms with Gasteiger partial charge in [-0.05, 0) is 50.8 Å². The van der Waals surface area contributed by atoms with Crippen molar-refractivity contribution in [1.29, 1.82) is 0 Å². The van der Waals surface area contributed by atoms with Gasteiger partial charge in [-0.3, -0.25) is 0 Å². The predicted molar refractivity (Wildman–Crippen MR) is 88.4 cm³/mol. The molecule has 1 aromatic carbocycles. The van der Waals surface area contributed by atoms with Crippen molar-refractivity contribution >= 4 is 5.69 Å². The lowest BCUT2D eigenvalue weighted by Crippen LogP contribution is -2.33. The first-order valence-corrected chi connectivity index (χ1v) is 8.37. The van der Waals surface area contributed by atoms with Crippen LogP contribution < -0.4 is 10.6 Å². The van der Waals surface area contributed by atoms with Gasteiger partial charge < -0.3 is 10.6 Å². The van der Waals surface area contributed by atoms with Gasteiger partial charge >= 0.3 is 0 Å². The molecule has 0 radical (unpaired) electrons. The zero-order valence-electron chi connectivity index (χ0n) is 13.1. The first-order valence-electron chi connectivity index (χ1n) is 8.37. The Morgan fingerprint density at radius 2 is 2.10 bits per heavy atom. The molecule has 1 aliphatic heterocycles. The number of rotatable bonds is 6. The molecule has 1 saturated heterocycles. The largest absolute Gasteiger partial charge is 0.382 e. The molecule has 2 N–H and O–H groups in total. The van der Waals surface area contributed by atoms with Crippen LogP contribution >= 0.6 is 0 Å². The van der Waals surface area contributed by atoms with Crippen molar-refractivity contribution in [1.82, 2.24) is 5.32 Å². The summed E-state index contributed by atoms with van der Waals surface area (Å²) in [5.41, 5.74) is 2.78. The fraction of sp³-hybridized carbons (Fsp3) is 0.667. The van der Waals surface area contributed by atoms with Gasteiger partial charge in [0.25, 0.3) is 0 Å². The normalized spacial score (nSPS) is 21.2. The molecule has 20 heavy (non-hydrogen) atoms. The van der Waals surface area contributed by atoms with Crippen molar-refractivity contribution < 1.29 is 0 Å². The van der Waals surface area contributed by atoms with E-state index in [0.29, 0.717) is 12.1 Å². The van der Waals surface area contributed by atoms with Gasteiger partial charge in [-0.15, -0.1) is 0 Å². The number of hydrogen-bond acceptors (Lipinski definition) is 2. The van der Waals surface area contributed by atoms with Crippen LogP contribution in [0.5, 0.6) is 0 Å². The second-order valence-electron chi connectivity index (χ2n) is 6.19. The summed E-state index contributed by atoms with van der Waals surface area (Å²) in [4.78, 5) is 0. The Morgan fingerprint density at radius 1 is 1.25 bits per heavy atom. The van der Waals surface area contributed by atoms with Crippen molar-refractivity contribution in [3.05, 3.63) is 29.8 Å². The maximum atomic E-state index is 3.72. The zero-order valence-corrected chi connectivity index (χ0v) is 13.1. The molecule has 0 spiro atoms. The first-order chi connectivity index (χ1) is 9.79. The Labute approximate surface area is 124 Å². The van der Waals surface area contributed by atoms with E-state index >= 15 is 0 Å². The molecule has 2 atom stereocenters. The highest BCUT2D eigenvalue weighted by atomic mass is 15.0. The van der Waals surface area contributed by atoms with Crippen LogP contribution in [0.1, 0.15) is 57.9 Å². The minimum absolute atomic E-state index is 0.531. The molecular weight excluding hydrogens is 244 g/mol. The lowest BCUT2D eigenvalue weighted by molar-refractivity contribution is 0.456. The van der Waals surface area contributed by atoms with E-state index in [9.17, 15) is 0 Å². The van der Waals surface area contributed by atoms with E-state index in [1.54, 1.807) is 0 Å². The van der Waals surface area contributed by atoms with Crippen LogP contribution in [0.15, 0.2) is 24.3 Å². The number of benzene rings is 1. The van der Waals surface area contributed by atoms with E-state index in [1.807, 2.05) is 0 Å². The molecule has 2 heteroatoms. The SMILES string of the molecule is CCCc1ccccc1NC(C)CC1CCCCCN1. The quantitative estimate of drug-likeness (QED) is 0.805. The van der Waals surface area contributed by atoms with Gasteiger partial charge in [0.1, 0.15) is 0 Å². The van der Waals surface area contributed by atoms with E-state index in [-0.39, 0.29) is 0 Å². The third-order valence-electron chi connectivity index (χ3n) is 4.24. The molecule has 2 unspecified atom stereocenters. The molecule has 0 saturated carbocycles. The van der Waals surface area contributed by atoms with Crippen molar-refractivity contribution in [3.63, 3.8) is 0 Å². The van der Waals surface area contributed by atoms with Crippen LogP contribution in [-0.4, -0.2) is 18.6 Å². The van der Waals surface area contributed by atoms with Crippen molar-refractivity contribution in [3.8, 4) is 0 Å². The highest BCUT2D eigenvalue weighted by Gasteiger charge is 2.15. The summed E-state index contributed by atoms with van der Waals surface area (Å²) in [5.74, 6) is 0. The lowest BCUT2D eigenvalue weighted by Gasteiger charge is -2.23. The predicted octanol–water partition coefficient (Wildman–Crippen LogP) is 4.36. The monoisotopic (exact) mass is 274 g/mol. The van der Waals surface area contributed by atoms with Gasteiger partial charge in [-0.2, -0.15) is 0 Å². The zero-order chi connectivity index (χ0) is 14.2. The fourth-order valence-corrected chi connectivity index (χ4v) is 3.20. The van der Waals surface area contributed by atoms with Crippen LogP contribution in [-0.2, 0) is 6.42 Å². The maximum Gasteiger partial charge on any atom is 0.0374 e. The summed E-state index contributed by atoms with van der Waals surface area (Å²) >= 11 is 0. The van der Waals surface area contributed by atoms with Crippen molar-refractivity contribution in [2.75, 3.05) is 11.9 Å². The Morgan fingerprint density at radius 3 is 2.95 bits per heavy atom. The molecule has 1 aliphatic rings. The average molecular weight is 274 g/mol. The molecule has 1 heterocycles. The average Bonchev–Trinajstić information content (AvgIpc) is 2.70. The van der Waals surface area contributed by atoms with Crippen molar-refractivity contribution in [2.24, 2.45) is 0 Å². The van der Waals surface area contributed by atoms with Crippen LogP contribution in [0.2, 0.25) is 0 Å². The lowest BCUT2D eigenvalue weighted by atomic mass is 10.0. The van der Waals surface area contributed by atoms with Crippen molar-refractivity contribution in [2.45, 2.75) is 70.9 Å². The van der Waals surface area contributed by atoms with Crippen LogP contribution in [0.4, 0.5) is 5.69 Å². The summed E-state index contributed by atoms with van der Waals surface area (Å²) in [6.45, 7) is 5.76. The topological polar surface area (TPSA) is 24.1 Å². The number of nitrogens with one attached hydrogen (secondary N) is 2. The molecule has 0 amide bonds. The van der Waals surface area contributed by atoms with Gasteiger partial charge in [-0.25, -0.2) is 0 Å². The molecule has 2 nitrogen and oxygen atoms in total. The number of hydrogen-bond donors (Lipinski definition) is 2. The molecule has 1 fully saturated rings. The van der Waals surface area contributed by atoms with E-state index in [2.05, 4.69) is 48.7 Å². The third kappa shape index (κ3) is 4.82. The van der Waals surface area contributed by atoms with Crippen LogP contribution in [0, 0.1) is 0 Å². The van der Waals surface area contributed by atoms with E-state index in [0.717, 1.165) is 6.42 Å². The maximum absolute atomic E-state index is 3.72. The molecular formula is C18H30N2. The number of anilines is 1. The van der Waals surface area contributed by atoms with Crippen LogP contribution in [0.3, 0.4) is 0 Å².